The standard InChI is InChI=1S/C21H19N3O6/c1-12(25)13-5-4-6-14(9-13)23-19(26)16-11-22-21(28)24(20(16)27)15-7-8-17(29-2)18(10-15)30-3/h4-11H,1-3H3,(H,22,28)(H,23,26). The Kier molecular flexibility index (Phi) is 5.82. The van der Waals surface area contributed by atoms with Gasteiger partial charge in [0.15, 0.2) is 17.3 Å². The highest BCUT2D eigenvalue weighted by atomic mass is 16.5. The molecule has 0 spiro atoms. The van der Waals surface area contributed by atoms with Crippen molar-refractivity contribution >= 4 is 17.4 Å². The molecule has 0 aliphatic rings. The molecule has 1 aromatic heterocycles. The largest absolute Gasteiger partial charge is 0.493 e. The van der Waals surface area contributed by atoms with Crippen molar-refractivity contribution in [2.45, 2.75) is 6.92 Å². The number of anilines is 1. The first-order valence-corrected chi connectivity index (χ1v) is 8.85. The molecule has 0 saturated heterocycles. The molecule has 154 valence electrons. The normalized spacial score (nSPS) is 10.4. The Morgan fingerprint density at radius 2 is 1.73 bits per heavy atom. The van der Waals surface area contributed by atoms with Crippen LogP contribution in [-0.4, -0.2) is 35.5 Å². The molecule has 0 unspecified atom stereocenters. The van der Waals surface area contributed by atoms with Crippen LogP contribution < -0.4 is 26.0 Å². The molecule has 3 aromatic rings. The maximum atomic E-state index is 12.9. The number of H-pyrrole nitrogens is 1. The average Bonchev–Trinajstić information content (AvgIpc) is 2.73. The molecule has 0 aliphatic heterocycles. The fraction of sp³-hybridized carbons (Fsp3) is 0.143. The van der Waals surface area contributed by atoms with E-state index in [1.807, 2.05) is 0 Å². The van der Waals surface area contributed by atoms with Crippen LogP contribution in [0.2, 0.25) is 0 Å². The number of hydrogen-bond donors (Lipinski definition) is 2. The van der Waals surface area contributed by atoms with E-state index >= 15 is 0 Å². The second-order valence-electron chi connectivity index (χ2n) is 6.28. The third-order valence-electron chi connectivity index (χ3n) is 4.37. The minimum atomic E-state index is -0.814. The number of Topliss-reactive ketones (excluding diaryl/α,β-unsaturated/α-hetero) is 1. The highest BCUT2D eigenvalue weighted by Gasteiger charge is 2.17. The Morgan fingerprint density at radius 1 is 1.00 bits per heavy atom. The van der Waals surface area contributed by atoms with Crippen molar-refractivity contribution in [3.63, 3.8) is 0 Å². The van der Waals surface area contributed by atoms with Crippen molar-refractivity contribution in [1.29, 1.82) is 0 Å². The van der Waals surface area contributed by atoms with E-state index in [1.54, 1.807) is 24.3 Å². The second kappa shape index (κ2) is 8.48. The molecule has 0 fully saturated rings. The first kappa shape index (κ1) is 20.6. The number of carbonyl (C=O) groups excluding carboxylic acids is 2. The molecule has 0 atom stereocenters. The predicted octanol–water partition coefficient (Wildman–Crippen LogP) is 2.00. The Morgan fingerprint density at radius 3 is 2.40 bits per heavy atom. The molecule has 30 heavy (non-hydrogen) atoms. The third-order valence-corrected chi connectivity index (χ3v) is 4.37. The molecule has 0 aliphatic carbocycles. The maximum absolute atomic E-state index is 12.9. The van der Waals surface area contributed by atoms with Crippen LogP contribution in [0.5, 0.6) is 11.5 Å². The number of benzene rings is 2. The SMILES string of the molecule is COc1ccc(-n2c(=O)[nH]cc(C(=O)Nc3cccc(C(C)=O)c3)c2=O)cc1OC. The van der Waals surface area contributed by atoms with Gasteiger partial charge in [-0.3, -0.25) is 14.4 Å². The molecule has 0 saturated carbocycles. The van der Waals surface area contributed by atoms with Crippen LogP contribution in [0, 0.1) is 0 Å². The number of rotatable bonds is 6. The lowest BCUT2D eigenvalue weighted by atomic mass is 10.1. The molecule has 1 amide bonds. The smallest absolute Gasteiger partial charge is 0.333 e. The monoisotopic (exact) mass is 409 g/mol. The second-order valence-corrected chi connectivity index (χ2v) is 6.28. The lowest BCUT2D eigenvalue weighted by molar-refractivity contribution is 0.101. The van der Waals surface area contributed by atoms with E-state index in [0.717, 1.165) is 10.8 Å². The highest BCUT2D eigenvalue weighted by Crippen LogP contribution is 2.28. The van der Waals surface area contributed by atoms with Crippen molar-refractivity contribution in [1.82, 2.24) is 9.55 Å². The first-order valence-electron chi connectivity index (χ1n) is 8.85. The molecule has 2 N–H and O–H groups in total. The molecule has 0 radical (unpaired) electrons. The summed E-state index contributed by atoms with van der Waals surface area (Å²) in [6.45, 7) is 1.41. The number of methoxy groups -OCH3 is 2. The van der Waals surface area contributed by atoms with Crippen molar-refractivity contribution in [2.24, 2.45) is 0 Å². The van der Waals surface area contributed by atoms with Crippen LogP contribution in [0.25, 0.3) is 5.69 Å². The van der Waals surface area contributed by atoms with Crippen LogP contribution in [0.4, 0.5) is 5.69 Å². The van der Waals surface area contributed by atoms with E-state index < -0.39 is 17.2 Å². The number of aromatic amines is 1. The van der Waals surface area contributed by atoms with E-state index in [1.165, 1.54) is 39.3 Å². The van der Waals surface area contributed by atoms with E-state index in [4.69, 9.17) is 9.47 Å². The summed E-state index contributed by atoms with van der Waals surface area (Å²) in [4.78, 5) is 51.8. The van der Waals surface area contributed by atoms with Gasteiger partial charge in [0, 0.05) is 23.5 Å². The van der Waals surface area contributed by atoms with Crippen molar-refractivity contribution in [3.8, 4) is 17.2 Å². The van der Waals surface area contributed by atoms with Gasteiger partial charge in [-0.25, -0.2) is 9.36 Å². The summed E-state index contributed by atoms with van der Waals surface area (Å²) in [7, 11) is 2.89. The number of nitrogens with one attached hydrogen (secondary N) is 2. The summed E-state index contributed by atoms with van der Waals surface area (Å²) in [5.41, 5.74) is -0.855. The zero-order valence-electron chi connectivity index (χ0n) is 16.5. The van der Waals surface area contributed by atoms with E-state index in [9.17, 15) is 19.2 Å². The fourth-order valence-electron chi connectivity index (χ4n) is 2.85. The number of aromatic nitrogens is 2. The van der Waals surface area contributed by atoms with E-state index in [0.29, 0.717) is 22.7 Å². The quantitative estimate of drug-likeness (QED) is 0.601. The fourth-order valence-corrected chi connectivity index (χ4v) is 2.85. The zero-order chi connectivity index (χ0) is 21.8. The van der Waals surface area contributed by atoms with Crippen molar-refractivity contribution < 1.29 is 19.1 Å². The number of amides is 1. The minimum Gasteiger partial charge on any atom is -0.493 e. The van der Waals surface area contributed by atoms with Gasteiger partial charge in [-0.05, 0) is 31.2 Å². The maximum Gasteiger partial charge on any atom is 0.333 e. The number of ether oxygens (including phenoxy) is 2. The van der Waals surface area contributed by atoms with Gasteiger partial charge in [-0.15, -0.1) is 0 Å². The van der Waals surface area contributed by atoms with E-state index in [-0.39, 0.29) is 17.0 Å². The van der Waals surface area contributed by atoms with Crippen molar-refractivity contribution in [3.05, 3.63) is 80.6 Å². The molecule has 3 rings (SSSR count). The Labute approximate surface area is 170 Å². The van der Waals surface area contributed by atoms with Gasteiger partial charge in [0.1, 0.15) is 5.56 Å². The van der Waals surface area contributed by atoms with Gasteiger partial charge in [-0.2, -0.15) is 0 Å². The number of ketones is 1. The first-order chi connectivity index (χ1) is 14.3. The van der Waals surface area contributed by atoms with Crippen LogP contribution >= 0.6 is 0 Å². The summed E-state index contributed by atoms with van der Waals surface area (Å²) in [5.74, 6) is -0.153. The molecular weight excluding hydrogens is 390 g/mol. The summed E-state index contributed by atoms with van der Waals surface area (Å²) < 4.78 is 11.2. The summed E-state index contributed by atoms with van der Waals surface area (Å²) in [6.07, 6.45) is 1.05. The topological polar surface area (TPSA) is 119 Å². The van der Waals surface area contributed by atoms with Crippen LogP contribution in [0.3, 0.4) is 0 Å². The van der Waals surface area contributed by atoms with Crippen LogP contribution in [0.15, 0.2) is 58.3 Å². The Bertz CT molecular complexity index is 1240. The van der Waals surface area contributed by atoms with Gasteiger partial charge in [0.05, 0.1) is 19.9 Å². The Balaban J connectivity index is 2.02. The number of carbonyl (C=O) groups is 2. The molecule has 9 nitrogen and oxygen atoms in total. The molecular formula is C21H19N3O6. The summed E-state index contributed by atoms with van der Waals surface area (Å²) in [6, 6.07) is 10.8. The van der Waals surface area contributed by atoms with E-state index in [2.05, 4.69) is 10.3 Å². The third kappa shape index (κ3) is 4.00. The van der Waals surface area contributed by atoms with Crippen LogP contribution in [-0.2, 0) is 0 Å². The molecule has 1 heterocycles. The lowest BCUT2D eigenvalue weighted by Crippen LogP contribution is -2.38. The number of hydrogen-bond acceptors (Lipinski definition) is 6. The summed E-state index contributed by atoms with van der Waals surface area (Å²) in [5, 5.41) is 2.56. The highest BCUT2D eigenvalue weighted by molar-refractivity contribution is 6.04. The summed E-state index contributed by atoms with van der Waals surface area (Å²) >= 11 is 0. The van der Waals surface area contributed by atoms with Gasteiger partial charge in [0.25, 0.3) is 11.5 Å². The van der Waals surface area contributed by atoms with Gasteiger partial charge in [-0.1, -0.05) is 12.1 Å². The van der Waals surface area contributed by atoms with Gasteiger partial charge in [0.2, 0.25) is 0 Å². The van der Waals surface area contributed by atoms with Crippen molar-refractivity contribution in [2.75, 3.05) is 19.5 Å². The molecule has 2 aromatic carbocycles. The van der Waals surface area contributed by atoms with Gasteiger partial charge >= 0.3 is 5.69 Å². The molecule has 9 heteroatoms. The predicted molar refractivity (Wildman–Crippen MR) is 110 cm³/mol. The number of nitrogens with zero attached hydrogens (tertiary/aromatic N) is 1. The van der Waals surface area contributed by atoms with Crippen LogP contribution in [0.1, 0.15) is 27.6 Å². The Hall–Kier alpha value is -4.14. The average molecular weight is 409 g/mol. The lowest BCUT2D eigenvalue weighted by Gasteiger charge is -2.11. The zero-order valence-corrected chi connectivity index (χ0v) is 16.5. The molecule has 0 bridgehead atoms. The minimum absolute atomic E-state index is 0.161. The van der Waals surface area contributed by atoms with Gasteiger partial charge < -0.3 is 19.8 Å².